The van der Waals surface area contributed by atoms with Crippen molar-refractivity contribution in [1.29, 1.82) is 0 Å². The van der Waals surface area contributed by atoms with Crippen molar-refractivity contribution in [2.75, 3.05) is 12.4 Å². The van der Waals surface area contributed by atoms with E-state index < -0.39 is 17.7 Å². The van der Waals surface area contributed by atoms with Gasteiger partial charge in [0, 0.05) is 13.1 Å². The molecule has 0 saturated carbocycles. The van der Waals surface area contributed by atoms with Crippen molar-refractivity contribution in [2.24, 2.45) is 4.99 Å². The second kappa shape index (κ2) is 7.70. The summed E-state index contributed by atoms with van der Waals surface area (Å²) in [5.41, 5.74) is 1.91. The Balaban J connectivity index is 2.24. The summed E-state index contributed by atoms with van der Waals surface area (Å²) in [4.78, 5) is 8.44. The Morgan fingerprint density at radius 3 is 2.46 bits per heavy atom. The van der Waals surface area contributed by atoms with E-state index >= 15 is 0 Å². The molecule has 128 valence electrons. The lowest BCUT2D eigenvalue weighted by Gasteiger charge is -2.17. The molecule has 1 unspecified atom stereocenters. The van der Waals surface area contributed by atoms with Crippen LogP contribution in [-0.2, 0) is 0 Å². The summed E-state index contributed by atoms with van der Waals surface area (Å²) in [5.74, 6) is -0.180. The van der Waals surface area contributed by atoms with Gasteiger partial charge >= 0.3 is 0 Å². The third-order valence-electron chi connectivity index (χ3n) is 3.43. The predicted octanol–water partition coefficient (Wildman–Crippen LogP) is 5.03. The standard InChI is InChI=1S/C17H18BrF2N3O/c1-9-16(23-11(3)21-4)8-15(18)17(22-9)24-10(2)12-5-13(19)7-14(20)6-12/h5-8,10H,1-4H3,(H,21,23). The van der Waals surface area contributed by atoms with Crippen LogP contribution >= 0.6 is 15.9 Å². The zero-order valence-electron chi connectivity index (χ0n) is 13.8. The molecule has 0 amide bonds. The fourth-order valence-corrected chi connectivity index (χ4v) is 2.48. The van der Waals surface area contributed by atoms with Crippen molar-refractivity contribution in [2.45, 2.75) is 26.9 Å². The van der Waals surface area contributed by atoms with Crippen LogP contribution < -0.4 is 10.1 Å². The monoisotopic (exact) mass is 397 g/mol. The van der Waals surface area contributed by atoms with Crippen LogP contribution in [0.2, 0.25) is 0 Å². The first kappa shape index (κ1) is 18.3. The number of halogens is 3. The number of rotatable bonds is 4. The van der Waals surface area contributed by atoms with E-state index in [0.29, 0.717) is 21.6 Å². The third kappa shape index (κ3) is 4.50. The lowest BCUT2D eigenvalue weighted by molar-refractivity contribution is 0.214. The average molecular weight is 398 g/mol. The molecule has 2 rings (SSSR count). The van der Waals surface area contributed by atoms with Crippen molar-refractivity contribution >= 4 is 27.5 Å². The van der Waals surface area contributed by atoms with Gasteiger partial charge in [0.05, 0.1) is 21.7 Å². The molecule has 1 atom stereocenters. The second-order valence-corrected chi connectivity index (χ2v) is 6.16. The maximum Gasteiger partial charge on any atom is 0.228 e. The lowest BCUT2D eigenvalue weighted by atomic mass is 10.1. The van der Waals surface area contributed by atoms with Gasteiger partial charge < -0.3 is 10.1 Å². The number of hydrogen-bond acceptors (Lipinski definition) is 3. The fourth-order valence-electron chi connectivity index (χ4n) is 2.06. The Hall–Kier alpha value is -2.02. The maximum atomic E-state index is 13.3. The summed E-state index contributed by atoms with van der Waals surface area (Å²) in [6, 6.07) is 5.13. The van der Waals surface area contributed by atoms with E-state index in [2.05, 4.69) is 31.2 Å². The molecule has 0 spiro atoms. The summed E-state index contributed by atoms with van der Waals surface area (Å²) in [6.07, 6.45) is -0.559. The molecule has 4 nitrogen and oxygen atoms in total. The molecule has 0 aliphatic carbocycles. The summed E-state index contributed by atoms with van der Waals surface area (Å²) in [6.45, 7) is 5.38. The molecule has 0 fully saturated rings. The Kier molecular flexibility index (Phi) is 5.88. The summed E-state index contributed by atoms with van der Waals surface area (Å²) in [5, 5.41) is 3.13. The SMILES string of the molecule is CN=C(C)Nc1cc(Br)c(OC(C)c2cc(F)cc(F)c2)nc1C. The highest BCUT2D eigenvalue weighted by Crippen LogP contribution is 2.31. The summed E-state index contributed by atoms with van der Waals surface area (Å²) >= 11 is 3.41. The van der Waals surface area contributed by atoms with Crippen LogP contribution in [-0.4, -0.2) is 17.9 Å². The molecule has 24 heavy (non-hydrogen) atoms. The Morgan fingerprint density at radius 2 is 1.88 bits per heavy atom. The van der Waals surface area contributed by atoms with E-state index in [9.17, 15) is 8.78 Å². The molecule has 0 aliphatic heterocycles. The van der Waals surface area contributed by atoms with E-state index in [0.717, 1.165) is 17.6 Å². The highest BCUT2D eigenvalue weighted by molar-refractivity contribution is 9.10. The van der Waals surface area contributed by atoms with Crippen LogP contribution in [0.3, 0.4) is 0 Å². The number of amidine groups is 1. The lowest BCUT2D eigenvalue weighted by Crippen LogP contribution is -2.10. The Morgan fingerprint density at radius 1 is 1.25 bits per heavy atom. The van der Waals surface area contributed by atoms with Gasteiger partial charge in [-0.15, -0.1) is 0 Å². The van der Waals surface area contributed by atoms with Gasteiger partial charge in [0.25, 0.3) is 0 Å². The van der Waals surface area contributed by atoms with Crippen molar-refractivity contribution in [1.82, 2.24) is 4.98 Å². The van der Waals surface area contributed by atoms with E-state index in [1.165, 1.54) is 12.1 Å². The van der Waals surface area contributed by atoms with Gasteiger partial charge in [0.2, 0.25) is 5.88 Å². The van der Waals surface area contributed by atoms with Gasteiger partial charge in [-0.1, -0.05) is 0 Å². The van der Waals surface area contributed by atoms with Crippen LogP contribution in [0.1, 0.15) is 31.2 Å². The molecule has 0 saturated heterocycles. The summed E-state index contributed by atoms with van der Waals surface area (Å²) in [7, 11) is 1.69. The van der Waals surface area contributed by atoms with Crippen LogP contribution in [0, 0.1) is 18.6 Å². The molecule has 0 bridgehead atoms. The van der Waals surface area contributed by atoms with Crippen molar-refractivity contribution in [3.8, 4) is 5.88 Å². The van der Waals surface area contributed by atoms with Crippen molar-refractivity contribution < 1.29 is 13.5 Å². The van der Waals surface area contributed by atoms with Gasteiger partial charge in [-0.05, 0) is 60.5 Å². The Bertz CT molecular complexity index is 760. The molecule has 1 aromatic heterocycles. The van der Waals surface area contributed by atoms with E-state index in [4.69, 9.17) is 4.74 Å². The minimum atomic E-state index is -0.641. The first-order valence-corrected chi connectivity index (χ1v) is 8.09. The average Bonchev–Trinajstić information content (AvgIpc) is 2.50. The number of benzene rings is 1. The third-order valence-corrected chi connectivity index (χ3v) is 4.00. The smallest absolute Gasteiger partial charge is 0.228 e. The van der Waals surface area contributed by atoms with Gasteiger partial charge in [0.1, 0.15) is 17.7 Å². The van der Waals surface area contributed by atoms with E-state index in [-0.39, 0.29) is 0 Å². The predicted molar refractivity (Wildman–Crippen MR) is 94.7 cm³/mol. The van der Waals surface area contributed by atoms with Crippen molar-refractivity contribution in [3.05, 3.63) is 51.6 Å². The van der Waals surface area contributed by atoms with Gasteiger partial charge in [-0.3, -0.25) is 4.99 Å². The quantitative estimate of drug-likeness (QED) is 0.581. The normalized spacial score (nSPS) is 12.9. The fraction of sp³-hybridized carbons (Fsp3) is 0.294. The molecular formula is C17H18BrF2N3O. The van der Waals surface area contributed by atoms with Gasteiger partial charge in [0.15, 0.2) is 0 Å². The zero-order valence-corrected chi connectivity index (χ0v) is 15.4. The first-order chi connectivity index (χ1) is 11.3. The van der Waals surface area contributed by atoms with Crippen LogP contribution in [0.4, 0.5) is 14.5 Å². The second-order valence-electron chi connectivity index (χ2n) is 5.31. The van der Waals surface area contributed by atoms with Crippen LogP contribution in [0.15, 0.2) is 33.7 Å². The van der Waals surface area contributed by atoms with Crippen molar-refractivity contribution in [3.63, 3.8) is 0 Å². The molecule has 1 N–H and O–H groups in total. The summed E-state index contributed by atoms with van der Waals surface area (Å²) < 4.78 is 33.1. The number of nitrogens with zero attached hydrogens (tertiary/aromatic N) is 2. The number of pyridine rings is 1. The molecule has 2 aromatic rings. The molecule has 0 aliphatic rings. The molecule has 7 heteroatoms. The number of nitrogens with one attached hydrogen (secondary N) is 1. The molecular weight excluding hydrogens is 380 g/mol. The number of hydrogen-bond donors (Lipinski definition) is 1. The maximum absolute atomic E-state index is 13.3. The minimum Gasteiger partial charge on any atom is -0.469 e. The highest BCUT2D eigenvalue weighted by atomic mass is 79.9. The topological polar surface area (TPSA) is 46.5 Å². The minimum absolute atomic E-state index is 0.348. The van der Waals surface area contributed by atoms with E-state index in [1.807, 2.05) is 19.9 Å². The zero-order chi connectivity index (χ0) is 17.9. The highest BCUT2D eigenvalue weighted by Gasteiger charge is 2.15. The van der Waals surface area contributed by atoms with E-state index in [1.54, 1.807) is 14.0 Å². The van der Waals surface area contributed by atoms with Gasteiger partial charge in [-0.25, -0.2) is 13.8 Å². The number of aliphatic imine (C=N–C) groups is 1. The number of aryl methyl sites for hydroxylation is 1. The largest absolute Gasteiger partial charge is 0.469 e. The number of aromatic nitrogens is 1. The molecule has 0 radical (unpaired) electrons. The number of ether oxygens (including phenoxy) is 1. The van der Waals surface area contributed by atoms with Gasteiger partial charge in [-0.2, -0.15) is 0 Å². The Labute approximate surface area is 148 Å². The molecule has 1 aromatic carbocycles. The molecule has 1 heterocycles. The van der Waals surface area contributed by atoms with Crippen LogP contribution in [0.25, 0.3) is 0 Å². The first-order valence-electron chi connectivity index (χ1n) is 7.30. The number of anilines is 1. The van der Waals surface area contributed by atoms with Crippen LogP contribution in [0.5, 0.6) is 5.88 Å².